The topological polar surface area (TPSA) is 24.9 Å². The molecule has 1 heterocycles. The number of rotatable bonds is 1. The Morgan fingerprint density at radius 1 is 1.58 bits per heavy atom. The number of aromatic nitrogens is 1. The van der Waals surface area contributed by atoms with Crippen molar-refractivity contribution < 1.29 is 0 Å². The van der Waals surface area contributed by atoms with Crippen molar-refractivity contribution in [3.63, 3.8) is 0 Å². The van der Waals surface area contributed by atoms with E-state index in [1.807, 2.05) is 26.1 Å². The Kier molecular flexibility index (Phi) is 3.31. The largest absolute Gasteiger partial charge is 0.309 e. The highest BCUT2D eigenvalue weighted by atomic mass is 14.8. The minimum absolute atomic E-state index is 0.724. The molecule has 0 saturated carbocycles. The summed E-state index contributed by atoms with van der Waals surface area (Å²) >= 11 is 0. The van der Waals surface area contributed by atoms with Gasteiger partial charge in [-0.05, 0) is 26.1 Å². The summed E-state index contributed by atoms with van der Waals surface area (Å²) in [6.07, 6.45) is 1.78. The van der Waals surface area contributed by atoms with Crippen LogP contribution in [0.4, 0.5) is 0 Å². The van der Waals surface area contributed by atoms with Gasteiger partial charge in [-0.3, -0.25) is 4.98 Å². The van der Waals surface area contributed by atoms with Gasteiger partial charge in [-0.1, -0.05) is 11.8 Å². The smallest absolute Gasteiger partial charge is 0.0577 e. The lowest BCUT2D eigenvalue weighted by Gasteiger charge is -1.91. The third kappa shape index (κ3) is 2.73. The number of hydrogen-bond acceptors (Lipinski definition) is 2. The number of nitrogens with zero attached hydrogens (tertiary/aromatic N) is 1. The predicted octanol–water partition coefficient (Wildman–Crippen LogP) is 0.961. The average Bonchev–Trinajstić information content (AvgIpc) is 2.05. The molecule has 0 aliphatic carbocycles. The van der Waals surface area contributed by atoms with Gasteiger partial charge in [0.1, 0.15) is 0 Å². The molecule has 0 spiro atoms. The van der Waals surface area contributed by atoms with E-state index in [0.29, 0.717) is 0 Å². The summed E-state index contributed by atoms with van der Waals surface area (Å²) < 4.78 is 0. The molecular formula is C10H12N2. The van der Waals surface area contributed by atoms with Gasteiger partial charge in [0.15, 0.2) is 0 Å². The highest BCUT2D eigenvalue weighted by molar-refractivity contribution is 5.34. The fourth-order valence-electron chi connectivity index (χ4n) is 0.858. The molecule has 0 radical (unpaired) electrons. The summed E-state index contributed by atoms with van der Waals surface area (Å²) in [6.45, 7) is 2.69. The molecule has 0 aliphatic rings. The fraction of sp³-hybridized carbons (Fsp3) is 0.300. The quantitative estimate of drug-likeness (QED) is 0.619. The molecule has 0 aliphatic heterocycles. The van der Waals surface area contributed by atoms with Crippen molar-refractivity contribution in [3.05, 3.63) is 29.6 Å². The van der Waals surface area contributed by atoms with Gasteiger partial charge in [-0.25, -0.2) is 0 Å². The number of aryl methyl sites for hydroxylation is 1. The maximum absolute atomic E-state index is 4.08. The Morgan fingerprint density at radius 3 is 3.08 bits per heavy atom. The van der Waals surface area contributed by atoms with Crippen LogP contribution in [-0.2, 0) is 0 Å². The first-order valence-electron chi connectivity index (χ1n) is 3.89. The van der Waals surface area contributed by atoms with Crippen molar-refractivity contribution >= 4 is 0 Å². The van der Waals surface area contributed by atoms with Crippen LogP contribution in [0, 0.1) is 18.8 Å². The summed E-state index contributed by atoms with van der Waals surface area (Å²) in [6, 6.07) is 3.89. The van der Waals surface area contributed by atoms with Crippen molar-refractivity contribution in [1.82, 2.24) is 10.3 Å². The third-order valence-electron chi connectivity index (χ3n) is 1.39. The van der Waals surface area contributed by atoms with Gasteiger partial charge in [-0.15, -0.1) is 0 Å². The number of nitrogens with one attached hydrogen (secondary N) is 1. The lowest BCUT2D eigenvalue weighted by molar-refractivity contribution is 0.938. The maximum atomic E-state index is 4.08. The summed E-state index contributed by atoms with van der Waals surface area (Å²) in [7, 11) is 1.88. The van der Waals surface area contributed by atoms with E-state index in [2.05, 4.69) is 22.1 Å². The maximum Gasteiger partial charge on any atom is 0.0577 e. The molecule has 0 unspecified atom stereocenters. The van der Waals surface area contributed by atoms with Crippen LogP contribution in [0.5, 0.6) is 0 Å². The first-order valence-corrected chi connectivity index (χ1v) is 3.89. The molecule has 0 aromatic carbocycles. The van der Waals surface area contributed by atoms with E-state index in [1.54, 1.807) is 6.20 Å². The van der Waals surface area contributed by atoms with E-state index in [1.165, 1.54) is 0 Å². The second-order valence-corrected chi connectivity index (χ2v) is 2.52. The monoisotopic (exact) mass is 160 g/mol. The molecule has 1 N–H and O–H groups in total. The minimum atomic E-state index is 0.724. The molecule has 0 amide bonds. The molecule has 1 rings (SSSR count). The molecule has 1 aromatic heterocycles. The van der Waals surface area contributed by atoms with Gasteiger partial charge in [0.25, 0.3) is 0 Å². The Morgan fingerprint density at radius 2 is 2.42 bits per heavy atom. The number of hydrogen-bond donors (Lipinski definition) is 1. The van der Waals surface area contributed by atoms with Crippen LogP contribution >= 0.6 is 0 Å². The van der Waals surface area contributed by atoms with Crippen molar-refractivity contribution in [1.29, 1.82) is 0 Å². The van der Waals surface area contributed by atoms with E-state index < -0.39 is 0 Å². The molecule has 2 heteroatoms. The normalized spacial score (nSPS) is 8.83. The Balaban J connectivity index is 2.71. The highest BCUT2D eigenvalue weighted by Crippen LogP contribution is 1.97. The fourth-order valence-corrected chi connectivity index (χ4v) is 0.858. The lowest BCUT2D eigenvalue weighted by Crippen LogP contribution is -2.04. The minimum Gasteiger partial charge on any atom is -0.309 e. The summed E-state index contributed by atoms with van der Waals surface area (Å²) in [5.74, 6) is 6.02. The van der Waals surface area contributed by atoms with Crippen LogP contribution in [0.3, 0.4) is 0 Å². The Bertz CT molecular complexity index is 307. The van der Waals surface area contributed by atoms with Crippen LogP contribution in [0.15, 0.2) is 18.3 Å². The Hall–Kier alpha value is -1.33. The molecule has 0 saturated heterocycles. The van der Waals surface area contributed by atoms with Crippen LogP contribution in [0.2, 0.25) is 0 Å². The highest BCUT2D eigenvalue weighted by Gasteiger charge is 1.86. The van der Waals surface area contributed by atoms with E-state index in [9.17, 15) is 0 Å². The molecular weight excluding hydrogens is 148 g/mol. The van der Waals surface area contributed by atoms with Crippen molar-refractivity contribution in [2.24, 2.45) is 0 Å². The van der Waals surface area contributed by atoms with E-state index in [4.69, 9.17) is 0 Å². The van der Waals surface area contributed by atoms with Gasteiger partial charge in [0.05, 0.1) is 6.54 Å². The first kappa shape index (κ1) is 8.76. The lowest BCUT2D eigenvalue weighted by atomic mass is 10.2. The second-order valence-electron chi connectivity index (χ2n) is 2.52. The molecule has 2 nitrogen and oxygen atoms in total. The zero-order valence-corrected chi connectivity index (χ0v) is 7.39. The molecule has 0 atom stereocenters. The third-order valence-corrected chi connectivity index (χ3v) is 1.39. The standard InChI is InChI=1S/C10H12N2/c1-9-8-10(5-7-12-9)4-3-6-11-2/h5,7-8,11H,6H2,1-2H3. The van der Waals surface area contributed by atoms with Crippen LogP contribution in [-0.4, -0.2) is 18.6 Å². The van der Waals surface area contributed by atoms with Crippen molar-refractivity contribution in [3.8, 4) is 11.8 Å². The SMILES string of the molecule is CNCC#Cc1ccnc(C)c1. The zero-order chi connectivity index (χ0) is 8.81. The second kappa shape index (κ2) is 4.53. The van der Waals surface area contributed by atoms with E-state index in [0.717, 1.165) is 17.8 Å². The van der Waals surface area contributed by atoms with Gasteiger partial charge in [0, 0.05) is 17.5 Å². The molecule has 1 aromatic rings. The van der Waals surface area contributed by atoms with Gasteiger partial charge in [0.2, 0.25) is 0 Å². The van der Waals surface area contributed by atoms with Crippen LogP contribution in [0.1, 0.15) is 11.3 Å². The number of pyridine rings is 1. The Labute approximate surface area is 73.0 Å². The average molecular weight is 160 g/mol. The van der Waals surface area contributed by atoms with E-state index in [-0.39, 0.29) is 0 Å². The van der Waals surface area contributed by atoms with Gasteiger partial charge < -0.3 is 5.32 Å². The van der Waals surface area contributed by atoms with Crippen LogP contribution < -0.4 is 5.32 Å². The van der Waals surface area contributed by atoms with Crippen LogP contribution in [0.25, 0.3) is 0 Å². The molecule has 0 bridgehead atoms. The van der Waals surface area contributed by atoms with Gasteiger partial charge >= 0.3 is 0 Å². The van der Waals surface area contributed by atoms with Gasteiger partial charge in [-0.2, -0.15) is 0 Å². The van der Waals surface area contributed by atoms with Crippen molar-refractivity contribution in [2.75, 3.05) is 13.6 Å². The zero-order valence-electron chi connectivity index (χ0n) is 7.39. The predicted molar refractivity (Wildman–Crippen MR) is 49.8 cm³/mol. The summed E-state index contributed by atoms with van der Waals surface area (Å²) in [5.41, 5.74) is 2.03. The summed E-state index contributed by atoms with van der Waals surface area (Å²) in [5, 5.41) is 2.96. The molecule has 0 fully saturated rings. The van der Waals surface area contributed by atoms with Crippen molar-refractivity contribution in [2.45, 2.75) is 6.92 Å². The summed E-state index contributed by atoms with van der Waals surface area (Å²) in [4.78, 5) is 4.08. The molecule has 12 heavy (non-hydrogen) atoms. The molecule has 62 valence electrons. The van der Waals surface area contributed by atoms with E-state index >= 15 is 0 Å². The first-order chi connectivity index (χ1) is 5.83.